The van der Waals surface area contributed by atoms with Crippen molar-refractivity contribution in [3.8, 4) is 11.3 Å². The number of benzene rings is 2. The first kappa shape index (κ1) is 14.6. The van der Waals surface area contributed by atoms with E-state index in [0.29, 0.717) is 11.6 Å². The van der Waals surface area contributed by atoms with Crippen LogP contribution in [0, 0.1) is 0 Å². The lowest BCUT2D eigenvalue weighted by Gasteiger charge is -2.09. The maximum atomic E-state index is 13.2. The minimum absolute atomic E-state index is 0.0314. The van der Waals surface area contributed by atoms with Gasteiger partial charge in [-0.1, -0.05) is 30.3 Å². The van der Waals surface area contributed by atoms with Crippen molar-refractivity contribution >= 4 is 21.8 Å². The molecule has 0 unspecified atom stereocenters. The molecule has 0 aliphatic heterocycles. The number of alkyl halides is 3. The Kier molecular flexibility index (Phi) is 3.03. The Morgan fingerprint density at radius 3 is 2.29 bits per heavy atom. The number of pyridine rings is 1. The molecule has 0 radical (unpaired) electrons. The minimum Gasteiger partial charge on any atom is -0.355 e. The van der Waals surface area contributed by atoms with Crippen molar-refractivity contribution in [1.82, 2.24) is 9.97 Å². The van der Waals surface area contributed by atoms with E-state index in [0.717, 1.165) is 16.6 Å². The van der Waals surface area contributed by atoms with Crippen LogP contribution in [0.2, 0.25) is 0 Å². The quantitative estimate of drug-likeness (QED) is 0.523. The van der Waals surface area contributed by atoms with Gasteiger partial charge < -0.3 is 9.97 Å². The smallest absolute Gasteiger partial charge is 0.355 e. The molecule has 0 aliphatic carbocycles. The first-order valence-electron chi connectivity index (χ1n) is 7.24. The highest BCUT2D eigenvalue weighted by molar-refractivity contribution is 5.98. The van der Waals surface area contributed by atoms with Crippen molar-refractivity contribution in [2.45, 2.75) is 6.18 Å². The molecular weight excluding hydrogens is 317 g/mol. The van der Waals surface area contributed by atoms with E-state index in [1.54, 1.807) is 6.07 Å². The fourth-order valence-corrected chi connectivity index (χ4v) is 2.89. The van der Waals surface area contributed by atoms with Crippen LogP contribution in [-0.4, -0.2) is 9.97 Å². The van der Waals surface area contributed by atoms with Gasteiger partial charge >= 0.3 is 6.18 Å². The third kappa shape index (κ3) is 2.36. The second-order valence-electron chi connectivity index (χ2n) is 5.58. The molecule has 0 aliphatic rings. The van der Waals surface area contributed by atoms with E-state index in [9.17, 15) is 18.0 Å². The largest absolute Gasteiger partial charge is 0.417 e. The van der Waals surface area contributed by atoms with Crippen LogP contribution in [0.5, 0.6) is 0 Å². The van der Waals surface area contributed by atoms with Crippen LogP contribution in [0.25, 0.3) is 33.1 Å². The molecule has 120 valence electrons. The van der Waals surface area contributed by atoms with Crippen LogP contribution in [0.3, 0.4) is 0 Å². The summed E-state index contributed by atoms with van der Waals surface area (Å²) in [6.07, 6.45) is -4.59. The second kappa shape index (κ2) is 4.99. The zero-order valence-electron chi connectivity index (χ0n) is 12.2. The summed E-state index contributed by atoms with van der Waals surface area (Å²) < 4.78 is 39.6. The van der Waals surface area contributed by atoms with Gasteiger partial charge in [0.25, 0.3) is 0 Å². The molecule has 0 bridgehead atoms. The molecule has 2 N–H and O–H groups in total. The van der Waals surface area contributed by atoms with Crippen molar-refractivity contribution in [3.05, 3.63) is 70.5 Å². The van der Waals surface area contributed by atoms with Gasteiger partial charge in [0.2, 0.25) is 5.56 Å². The van der Waals surface area contributed by atoms with E-state index in [1.165, 1.54) is 6.07 Å². The number of hydrogen-bond donors (Lipinski definition) is 2. The number of nitrogens with one attached hydrogen (secondary N) is 2. The average Bonchev–Trinajstić information content (AvgIpc) is 2.95. The molecule has 0 saturated heterocycles. The first-order valence-corrected chi connectivity index (χ1v) is 7.24. The van der Waals surface area contributed by atoms with Gasteiger partial charge in [0.15, 0.2) is 0 Å². The molecule has 2 aromatic heterocycles. The van der Waals surface area contributed by atoms with Crippen LogP contribution in [0.15, 0.2) is 59.4 Å². The number of aromatic amines is 2. The number of H-pyrrole nitrogens is 2. The molecule has 0 atom stereocenters. The molecule has 0 amide bonds. The molecule has 0 fully saturated rings. The second-order valence-corrected chi connectivity index (χ2v) is 5.58. The van der Waals surface area contributed by atoms with Gasteiger partial charge in [-0.05, 0) is 23.8 Å². The summed E-state index contributed by atoms with van der Waals surface area (Å²) in [6.45, 7) is 0. The maximum absolute atomic E-state index is 13.2. The van der Waals surface area contributed by atoms with Crippen molar-refractivity contribution < 1.29 is 13.2 Å². The lowest BCUT2D eigenvalue weighted by atomic mass is 10.1. The highest BCUT2D eigenvalue weighted by Gasteiger charge is 2.33. The summed E-state index contributed by atoms with van der Waals surface area (Å²) in [5.41, 5.74) is 0.783. The lowest BCUT2D eigenvalue weighted by molar-refractivity contribution is -0.136. The predicted octanol–water partition coefficient (Wildman–Crippen LogP) is 4.70. The van der Waals surface area contributed by atoms with Crippen LogP contribution >= 0.6 is 0 Å². The molecule has 4 aromatic rings. The van der Waals surface area contributed by atoms with Crippen molar-refractivity contribution in [3.63, 3.8) is 0 Å². The number of aromatic nitrogens is 2. The van der Waals surface area contributed by atoms with Crippen LogP contribution in [0.4, 0.5) is 13.2 Å². The minimum atomic E-state index is -4.59. The normalized spacial score (nSPS) is 12.1. The molecule has 0 spiro atoms. The van der Waals surface area contributed by atoms with E-state index in [1.807, 2.05) is 36.4 Å². The number of hydrogen-bond acceptors (Lipinski definition) is 1. The molecule has 4 rings (SSSR count). The molecule has 2 aromatic carbocycles. The third-order valence-electron chi connectivity index (χ3n) is 3.97. The molecule has 6 heteroatoms. The van der Waals surface area contributed by atoms with Gasteiger partial charge in [-0.3, -0.25) is 4.79 Å². The highest BCUT2D eigenvalue weighted by Crippen LogP contribution is 2.35. The molecule has 0 saturated carbocycles. The number of fused-ring (bicyclic) bond motifs is 2. The zero-order chi connectivity index (χ0) is 16.9. The van der Waals surface area contributed by atoms with Gasteiger partial charge in [0.1, 0.15) is 0 Å². The van der Waals surface area contributed by atoms with E-state index >= 15 is 0 Å². The van der Waals surface area contributed by atoms with Gasteiger partial charge in [0, 0.05) is 33.6 Å². The third-order valence-corrected chi connectivity index (χ3v) is 3.97. The Morgan fingerprint density at radius 2 is 1.58 bits per heavy atom. The number of rotatable bonds is 1. The first-order chi connectivity index (χ1) is 11.4. The molecular formula is C18H11F3N2O. The Labute approximate surface area is 133 Å². The van der Waals surface area contributed by atoms with Crippen LogP contribution < -0.4 is 5.56 Å². The summed E-state index contributed by atoms with van der Waals surface area (Å²) in [6, 6.07) is 14.9. The monoisotopic (exact) mass is 328 g/mol. The molecule has 2 heterocycles. The topological polar surface area (TPSA) is 48.6 Å². The Hall–Kier alpha value is -3.02. The van der Waals surface area contributed by atoms with Crippen molar-refractivity contribution in [2.24, 2.45) is 0 Å². The summed E-state index contributed by atoms with van der Waals surface area (Å²) >= 11 is 0. The summed E-state index contributed by atoms with van der Waals surface area (Å²) in [5.74, 6) is 0. The van der Waals surface area contributed by atoms with E-state index in [-0.39, 0.29) is 10.9 Å². The summed E-state index contributed by atoms with van der Waals surface area (Å²) in [5, 5.41) is 0.701. The fraction of sp³-hybridized carbons (Fsp3) is 0.0556. The van der Waals surface area contributed by atoms with Crippen LogP contribution in [0.1, 0.15) is 5.56 Å². The SMILES string of the molecule is O=c1cc(C(F)(F)F)c2cc3[nH]c(-c4ccccc4)cc3cc2[nH]1. The number of halogens is 3. The summed E-state index contributed by atoms with van der Waals surface area (Å²) in [4.78, 5) is 17.2. The van der Waals surface area contributed by atoms with E-state index < -0.39 is 17.3 Å². The maximum Gasteiger partial charge on any atom is 0.417 e. The van der Waals surface area contributed by atoms with Gasteiger partial charge in [-0.2, -0.15) is 13.2 Å². The van der Waals surface area contributed by atoms with Crippen LogP contribution in [-0.2, 0) is 6.18 Å². The Balaban J connectivity index is 2.02. The highest BCUT2D eigenvalue weighted by atomic mass is 19.4. The molecule has 24 heavy (non-hydrogen) atoms. The van der Waals surface area contributed by atoms with Gasteiger partial charge in [-0.15, -0.1) is 0 Å². The zero-order valence-corrected chi connectivity index (χ0v) is 12.2. The van der Waals surface area contributed by atoms with Gasteiger partial charge in [0.05, 0.1) is 5.56 Å². The Bertz CT molecular complexity index is 1110. The predicted molar refractivity (Wildman–Crippen MR) is 86.9 cm³/mol. The van der Waals surface area contributed by atoms with E-state index in [2.05, 4.69) is 9.97 Å². The van der Waals surface area contributed by atoms with Gasteiger partial charge in [-0.25, -0.2) is 0 Å². The average molecular weight is 328 g/mol. The lowest BCUT2D eigenvalue weighted by Crippen LogP contribution is -2.13. The molecule has 3 nitrogen and oxygen atoms in total. The standard InChI is InChI=1S/C18H11F3N2O/c19-18(20,21)13-9-17(24)23-16-7-11-6-14(10-4-2-1-3-5-10)22-15(11)8-12(13)16/h1-9,22H,(H,23,24). The Morgan fingerprint density at radius 1 is 0.833 bits per heavy atom. The van der Waals surface area contributed by atoms with Crippen molar-refractivity contribution in [1.29, 1.82) is 0 Å². The van der Waals surface area contributed by atoms with Crippen molar-refractivity contribution in [2.75, 3.05) is 0 Å². The fourth-order valence-electron chi connectivity index (χ4n) is 2.89. The summed E-state index contributed by atoms with van der Waals surface area (Å²) in [7, 11) is 0. The van der Waals surface area contributed by atoms with E-state index in [4.69, 9.17) is 0 Å².